The summed E-state index contributed by atoms with van der Waals surface area (Å²) < 4.78 is 11.3. The topological polar surface area (TPSA) is 18.5 Å². The van der Waals surface area contributed by atoms with Crippen LogP contribution in [-0.2, 0) is 9.47 Å². The maximum Gasteiger partial charge on any atom is 0.0942 e. The van der Waals surface area contributed by atoms with Gasteiger partial charge in [0.25, 0.3) is 0 Å². The lowest BCUT2D eigenvalue weighted by Crippen LogP contribution is -2.39. The summed E-state index contributed by atoms with van der Waals surface area (Å²) in [5.41, 5.74) is 0.0359. The summed E-state index contributed by atoms with van der Waals surface area (Å²) in [4.78, 5) is 0. The molecular formula is C12H19ClO2. The third kappa shape index (κ3) is 2.96. The maximum absolute atomic E-state index is 5.88. The minimum absolute atomic E-state index is 0.0359. The summed E-state index contributed by atoms with van der Waals surface area (Å²) in [5.74, 6) is 1.37. The van der Waals surface area contributed by atoms with Crippen molar-refractivity contribution in [1.29, 1.82) is 0 Å². The Hall–Kier alpha value is -0.0500. The summed E-state index contributed by atoms with van der Waals surface area (Å²) in [6.07, 6.45) is 8.80. The fraction of sp³-hybridized carbons (Fsp3) is 0.833. The van der Waals surface area contributed by atoms with E-state index in [-0.39, 0.29) is 5.60 Å². The second-order valence-electron chi connectivity index (χ2n) is 4.49. The van der Waals surface area contributed by atoms with Crippen molar-refractivity contribution in [3.8, 4) is 0 Å². The smallest absolute Gasteiger partial charge is 0.0942 e. The van der Waals surface area contributed by atoms with Crippen LogP contribution in [0.15, 0.2) is 12.2 Å². The third-order valence-electron chi connectivity index (χ3n) is 3.28. The number of hydrogen-bond donors (Lipinski definition) is 0. The number of alkyl halides is 1. The summed E-state index contributed by atoms with van der Waals surface area (Å²) in [7, 11) is 0. The fourth-order valence-electron chi connectivity index (χ4n) is 2.44. The first-order valence-electron chi connectivity index (χ1n) is 5.79. The SMILES string of the molecule is ClCC/C=C/C1CCOC2(CCOC2)C1. The molecule has 15 heavy (non-hydrogen) atoms. The van der Waals surface area contributed by atoms with Crippen LogP contribution in [0.25, 0.3) is 0 Å². The molecule has 2 saturated heterocycles. The minimum atomic E-state index is 0.0359. The quantitative estimate of drug-likeness (QED) is 0.548. The Morgan fingerprint density at radius 2 is 2.33 bits per heavy atom. The molecule has 2 heterocycles. The Balaban J connectivity index is 1.86. The van der Waals surface area contributed by atoms with Crippen molar-refractivity contribution in [2.75, 3.05) is 25.7 Å². The molecule has 2 aliphatic rings. The number of allylic oxidation sites excluding steroid dienone is 2. The van der Waals surface area contributed by atoms with Crippen molar-refractivity contribution in [3.63, 3.8) is 0 Å². The van der Waals surface area contributed by atoms with E-state index in [2.05, 4.69) is 12.2 Å². The van der Waals surface area contributed by atoms with E-state index in [1.807, 2.05) is 0 Å². The molecule has 0 aromatic rings. The lowest BCUT2D eigenvalue weighted by Gasteiger charge is -2.36. The van der Waals surface area contributed by atoms with Crippen molar-refractivity contribution in [3.05, 3.63) is 12.2 Å². The second kappa shape index (κ2) is 5.33. The van der Waals surface area contributed by atoms with Crippen molar-refractivity contribution in [2.24, 2.45) is 5.92 Å². The minimum Gasteiger partial charge on any atom is -0.378 e. The molecule has 0 bridgehead atoms. The Morgan fingerprint density at radius 1 is 1.40 bits per heavy atom. The summed E-state index contributed by atoms with van der Waals surface area (Å²) in [5, 5.41) is 0. The first-order chi connectivity index (χ1) is 7.35. The van der Waals surface area contributed by atoms with E-state index < -0.39 is 0 Å². The highest BCUT2D eigenvalue weighted by atomic mass is 35.5. The van der Waals surface area contributed by atoms with Crippen molar-refractivity contribution < 1.29 is 9.47 Å². The average molecular weight is 231 g/mol. The molecular weight excluding hydrogens is 212 g/mol. The highest BCUT2D eigenvalue weighted by Crippen LogP contribution is 2.36. The fourth-order valence-corrected chi connectivity index (χ4v) is 2.57. The van der Waals surface area contributed by atoms with Gasteiger partial charge in [0.15, 0.2) is 0 Å². The molecule has 0 aromatic carbocycles. The van der Waals surface area contributed by atoms with E-state index in [4.69, 9.17) is 21.1 Å². The van der Waals surface area contributed by atoms with Crippen LogP contribution in [0.5, 0.6) is 0 Å². The monoisotopic (exact) mass is 230 g/mol. The zero-order chi connectivity index (χ0) is 10.6. The molecule has 0 aromatic heterocycles. The van der Waals surface area contributed by atoms with Gasteiger partial charge in [0, 0.05) is 25.5 Å². The molecule has 0 N–H and O–H groups in total. The number of hydrogen-bond acceptors (Lipinski definition) is 2. The predicted molar refractivity (Wildman–Crippen MR) is 61.3 cm³/mol. The predicted octanol–water partition coefficient (Wildman–Crippen LogP) is 2.76. The van der Waals surface area contributed by atoms with E-state index in [1.54, 1.807) is 0 Å². The normalized spacial score (nSPS) is 36.7. The Kier molecular flexibility index (Phi) is 4.06. The number of rotatable bonds is 3. The molecule has 2 atom stereocenters. The molecule has 2 unspecified atom stereocenters. The molecule has 3 heteroatoms. The van der Waals surface area contributed by atoms with E-state index in [1.165, 1.54) is 0 Å². The Bertz CT molecular complexity index is 222. The zero-order valence-electron chi connectivity index (χ0n) is 9.08. The largest absolute Gasteiger partial charge is 0.378 e. The Morgan fingerprint density at radius 3 is 3.07 bits per heavy atom. The van der Waals surface area contributed by atoms with Gasteiger partial charge in [0.1, 0.15) is 0 Å². The standard InChI is InChI=1S/C12H19ClO2/c13-6-2-1-3-11-4-7-15-12(9-11)5-8-14-10-12/h1,3,11H,2,4-10H2/b3-1+. The van der Waals surface area contributed by atoms with Crippen molar-refractivity contribution in [1.82, 2.24) is 0 Å². The number of ether oxygens (including phenoxy) is 2. The summed E-state index contributed by atoms with van der Waals surface area (Å²) in [6.45, 7) is 2.52. The van der Waals surface area contributed by atoms with Gasteiger partial charge in [-0.15, -0.1) is 11.6 Å². The first kappa shape index (κ1) is 11.4. The van der Waals surface area contributed by atoms with Crippen LogP contribution in [0.1, 0.15) is 25.7 Å². The van der Waals surface area contributed by atoms with Gasteiger partial charge in [0.05, 0.1) is 12.2 Å². The van der Waals surface area contributed by atoms with Crippen LogP contribution >= 0.6 is 11.6 Å². The van der Waals surface area contributed by atoms with Gasteiger partial charge < -0.3 is 9.47 Å². The van der Waals surface area contributed by atoms with E-state index in [0.717, 1.165) is 45.5 Å². The van der Waals surface area contributed by atoms with Gasteiger partial charge >= 0.3 is 0 Å². The van der Waals surface area contributed by atoms with E-state index in [9.17, 15) is 0 Å². The summed E-state index contributed by atoms with van der Waals surface area (Å²) >= 11 is 5.64. The van der Waals surface area contributed by atoms with Crippen LogP contribution < -0.4 is 0 Å². The molecule has 2 fully saturated rings. The average Bonchev–Trinajstić information content (AvgIpc) is 2.67. The van der Waals surface area contributed by atoms with E-state index in [0.29, 0.717) is 11.8 Å². The van der Waals surface area contributed by atoms with Crippen molar-refractivity contribution >= 4 is 11.6 Å². The molecule has 0 amide bonds. The van der Waals surface area contributed by atoms with Gasteiger partial charge in [-0.1, -0.05) is 12.2 Å². The second-order valence-corrected chi connectivity index (χ2v) is 4.87. The highest BCUT2D eigenvalue weighted by Gasteiger charge is 2.40. The Labute approximate surface area is 96.6 Å². The van der Waals surface area contributed by atoms with Gasteiger partial charge in [-0.25, -0.2) is 0 Å². The number of halogens is 1. The summed E-state index contributed by atoms with van der Waals surface area (Å²) in [6, 6.07) is 0. The molecule has 86 valence electrons. The van der Waals surface area contributed by atoms with E-state index >= 15 is 0 Å². The van der Waals surface area contributed by atoms with Crippen LogP contribution in [0, 0.1) is 5.92 Å². The highest BCUT2D eigenvalue weighted by molar-refractivity contribution is 6.17. The van der Waals surface area contributed by atoms with Gasteiger partial charge in [-0.3, -0.25) is 0 Å². The van der Waals surface area contributed by atoms with Gasteiger partial charge in [-0.05, 0) is 25.2 Å². The third-order valence-corrected chi connectivity index (χ3v) is 3.50. The zero-order valence-corrected chi connectivity index (χ0v) is 9.84. The first-order valence-corrected chi connectivity index (χ1v) is 6.32. The van der Waals surface area contributed by atoms with Gasteiger partial charge in [0.2, 0.25) is 0 Å². The van der Waals surface area contributed by atoms with Gasteiger partial charge in [-0.2, -0.15) is 0 Å². The van der Waals surface area contributed by atoms with Crippen LogP contribution in [0.2, 0.25) is 0 Å². The lowest BCUT2D eigenvalue weighted by molar-refractivity contribution is -0.0910. The van der Waals surface area contributed by atoms with Crippen LogP contribution in [0.3, 0.4) is 0 Å². The molecule has 0 saturated carbocycles. The molecule has 2 nitrogen and oxygen atoms in total. The molecule has 2 rings (SSSR count). The molecule has 1 spiro atoms. The molecule has 0 aliphatic carbocycles. The maximum atomic E-state index is 5.88. The van der Waals surface area contributed by atoms with Crippen LogP contribution in [0.4, 0.5) is 0 Å². The van der Waals surface area contributed by atoms with Crippen molar-refractivity contribution in [2.45, 2.75) is 31.3 Å². The molecule has 0 radical (unpaired) electrons. The molecule has 2 aliphatic heterocycles. The van der Waals surface area contributed by atoms with Crippen LogP contribution in [-0.4, -0.2) is 31.3 Å². The lowest BCUT2D eigenvalue weighted by atomic mass is 9.85.